The number of Topliss-reactive ketones (excluding diaryl/α,β-unsaturated/α-hetero) is 1. The van der Waals surface area contributed by atoms with Crippen molar-refractivity contribution in [2.24, 2.45) is 28.3 Å². The second-order valence-corrected chi connectivity index (χ2v) is 11.1. The Labute approximate surface area is 241 Å². The van der Waals surface area contributed by atoms with E-state index in [1.807, 2.05) is 36.4 Å². The Morgan fingerprint density at radius 2 is 1.41 bits per heavy atom. The number of amides is 1. The fraction of sp³-hybridized carbons (Fsp3) is 0.452. The van der Waals surface area contributed by atoms with Gasteiger partial charge >= 0.3 is 11.9 Å². The fourth-order valence-corrected chi connectivity index (χ4v) is 4.38. The molecule has 2 rings (SSSR count). The first-order valence-electron chi connectivity index (χ1n) is 13.7. The maximum Gasteiger partial charge on any atom is 0.307 e. The summed E-state index contributed by atoms with van der Waals surface area (Å²) in [4.78, 5) is 55.7. The molecule has 0 aliphatic carbocycles. The molecule has 0 fully saturated rings. The quantitative estimate of drug-likeness (QED) is 0.104. The molecule has 222 valence electrons. The summed E-state index contributed by atoms with van der Waals surface area (Å²) in [5, 5.41) is 12.6. The first kappa shape index (κ1) is 33.0. The van der Waals surface area contributed by atoms with E-state index in [9.17, 15) is 24.3 Å². The summed E-state index contributed by atoms with van der Waals surface area (Å²) >= 11 is 0. The van der Waals surface area contributed by atoms with Crippen LogP contribution in [0.25, 0.3) is 0 Å². The molecule has 10 heteroatoms. The van der Waals surface area contributed by atoms with Gasteiger partial charge in [-0.05, 0) is 57.6 Å². The zero-order valence-electron chi connectivity index (χ0n) is 24.0. The smallest absolute Gasteiger partial charge is 0.307 e. The number of nitrogens with one attached hydrogen (secondary N) is 1. The summed E-state index contributed by atoms with van der Waals surface area (Å²) in [7, 11) is 0. The van der Waals surface area contributed by atoms with Gasteiger partial charge in [-0.1, -0.05) is 60.7 Å². The van der Waals surface area contributed by atoms with Gasteiger partial charge in [-0.2, -0.15) is 0 Å². The van der Waals surface area contributed by atoms with Crippen molar-refractivity contribution in [3.63, 3.8) is 0 Å². The van der Waals surface area contributed by atoms with Crippen molar-refractivity contribution in [1.29, 1.82) is 0 Å². The lowest BCUT2D eigenvalue weighted by molar-refractivity contribution is -0.157. The number of hydrogen-bond acceptors (Lipinski definition) is 6. The predicted molar refractivity (Wildman–Crippen MR) is 157 cm³/mol. The van der Waals surface area contributed by atoms with Crippen LogP contribution in [0.4, 0.5) is 0 Å². The molecule has 3 atom stereocenters. The molecule has 0 radical (unpaired) electrons. The number of carboxylic acids is 1. The largest absolute Gasteiger partial charge is 0.481 e. The van der Waals surface area contributed by atoms with E-state index in [1.54, 1.807) is 45.0 Å². The van der Waals surface area contributed by atoms with Crippen molar-refractivity contribution in [1.82, 2.24) is 5.32 Å². The number of rotatable bonds is 16. The molecule has 0 aliphatic rings. The number of aliphatic imine (C=N–C) groups is 1. The standard InChI is InChI=1S/C31H42N4O6/c1-31(2,3)41-27(37)20-23(17-21-11-6-4-7-12-21)28(38)35-25(15-10-16-34-30(32)33)26(36)19-24(29(39)40)18-22-13-8-5-9-14-22/h4-9,11-14,23-25H,10,15-20H2,1-3H3,(H,35,38)(H,39,40)(H4,32,33,34)/t23-,24-,25-/m1/s1. The van der Waals surface area contributed by atoms with Crippen LogP contribution in [0.2, 0.25) is 0 Å². The Morgan fingerprint density at radius 3 is 1.90 bits per heavy atom. The average molecular weight is 567 g/mol. The molecule has 2 aromatic rings. The molecule has 0 heterocycles. The minimum atomic E-state index is -1.10. The molecule has 6 N–H and O–H groups in total. The Kier molecular flexibility index (Phi) is 13.0. The number of ketones is 1. The van der Waals surface area contributed by atoms with Crippen LogP contribution in [0.3, 0.4) is 0 Å². The van der Waals surface area contributed by atoms with Gasteiger partial charge in [0.1, 0.15) is 5.60 Å². The summed E-state index contributed by atoms with van der Waals surface area (Å²) in [6.07, 6.45) is 0.550. The van der Waals surface area contributed by atoms with Crippen LogP contribution in [-0.4, -0.2) is 52.9 Å². The molecule has 0 unspecified atom stereocenters. The molecule has 1 amide bonds. The summed E-state index contributed by atoms with van der Waals surface area (Å²) in [5.74, 6) is -4.40. The van der Waals surface area contributed by atoms with E-state index in [-0.39, 0.29) is 44.6 Å². The first-order valence-corrected chi connectivity index (χ1v) is 13.7. The van der Waals surface area contributed by atoms with E-state index < -0.39 is 47.1 Å². The number of carbonyl (C=O) groups excluding carboxylic acids is 3. The molecular formula is C31H42N4O6. The molecule has 2 aromatic carbocycles. The van der Waals surface area contributed by atoms with Gasteiger partial charge < -0.3 is 26.6 Å². The SMILES string of the molecule is CC(C)(C)OC(=O)C[C@@H](Cc1ccccc1)C(=O)N[C@H](CCCN=C(N)N)C(=O)C[C@@H](Cc1ccccc1)C(=O)O. The highest BCUT2D eigenvalue weighted by molar-refractivity contribution is 5.93. The lowest BCUT2D eigenvalue weighted by Gasteiger charge is -2.25. The number of esters is 1. The number of guanidine groups is 1. The van der Waals surface area contributed by atoms with E-state index in [0.29, 0.717) is 6.42 Å². The van der Waals surface area contributed by atoms with Gasteiger partial charge in [-0.15, -0.1) is 0 Å². The number of ether oxygens (including phenoxy) is 1. The monoisotopic (exact) mass is 566 g/mol. The van der Waals surface area contributed by atoms with Crippen molar-refractivity contribution in [2.75, 3.05) is 6.54 Å². The Hall–Kier alpha value is -4.21. The van der Waals surface area contributed by atoms with E-state index in [0.717, 1.165) is 11.1 Å². The number of aliphatic carboxylic acids is 1. The summed E-state index contributed by atoms with van der Waals surface area (Å²) < 4.78 is 5.46. The van der Waals surface area contributed by atoms with Gasteiger partial charge in [0.15, 0.2) is 11.7 Å². The van der Waals surface area contributed by atoms with Gasteiger partial charge in [-0.3, -0.25) is 24.2 Å². The molecule has 0 bridgehead atoms. The van der Waals surface area contributed by atoms with E-state index in [1.165, 1.54) is 0 Å². The van der Waals surface area contributed by atoms with Gasteiger partial charge in [0, 0.05) is 13.0 Å². The second-order valence-electron chi connectivity index (χ2n) is 11.1. The lowest BCUT2D eigenvalue weighted by atomic mass is 9.90. The third-order valence-electron chi connectivity index (χ3n) is 6.30. The van der Waals surface area contributed by atoms with Crippen LogP contribution in [0.1, 0.15) is 57.6 Å². The second kappa shape index (κ2) is 16.2. The molecule has 0 saturated carbocycles. The minimum absolute atomic E-state index is 0.0917. The number of nitrogens with two attached hydrogens (primary N) is 2. The number of nitrogens with zero attached hydrogens (tertiary/aromatic N) is 1. The normalized spacial score (nSPS) is 13.3. The summed E-state index contributed by atoms with van der Waals surface area (Å²) in [5.41, 5.74) is 11.7. The van der Waals surface area contributed by atoms with Crippen LogP contribution in [0.5, 0.6) is 0 Å². The third kappa shape index (κ3) is 13.1. The Bertz CT molecular complexity index is 1170. The third-order valence-corrected chi connectivity index (χ3v) is 6.30. The highest BCUT2D eigenvalue weighted by Gasteiger charge is 2.31. The van der Waals surface area contributed by atoms with Crippen molar-refractivity contribution in [2.45, 2.75) is 70.9 Å². The first-order chi connectivity index (χ1) is 19.3. The summed E-state index contributed by atoms with van der Waals surface area (Å²) in [6, 6.07) is 17.3. The van der Waals surface area contributed by atoms with Crippen LogP contribution in [0.15, 0.2) is 65.7 Å². The van der Waals surface area contributed by atoms with Crippen molar-refractivity contribution >= 4 is 29.6 Å². The molecule has 10 nitrogen and oxygen atoms in total. The van der Waals surface area contributed by atoms with Gasteiger partial charge in [0.05, 0.1) is 24.3 Å². The number of hydrogen-bond donors (Lipinski definition) is 4. The van der Waals surface area contributed by atoms with Crippen LogP contribution in [-0.2, 0) is 36.8 Å². The van der Waals surface area contributed by atoms with E-state index in [4.69, 9.17) is 16.2 Å². The van der Waals surface area contributed by atoms with Crippen molar-refractivity contribution in [3.05, 3.63) is 71.8 Å². The van der Waals surface area contributed by atoms with Gasteiger partial charge in [-0.25, -0.2) is 0 Å². The van der Waals surface area contributed by atoms with Crippen LogP contribution < -0.4 is 16.8 Å². The molecular weight excluding hydrogens is 524 g/mol. The zero-order valence-corrected chi connectivity index (χ0v) is 24.0. The van der Waals surface area contributed by atoms with Crippen LogP contribution in [0, 0.1) is 11.8 Å². The number of benzene rings is 2. The van der Waals surface area contributed by atoms with Crippen molar-refractivity contribution in [3.8, 4) is 0 Å². The molecule has 0 aliphatic heterocycles. The highest BCUT2D eigenvalue weighted by Crippen LogP contribution is 2.19. The van der Waals surface area contributed by atoms with E-state index in [2.05, 4.69) is 10.3 Å². The topological polar surface area (TPSA) is 174 Å². The zero-order chi connectivity index (χ0) is 30.4. The van der Waals surface area contributed by atoms with Crippen molar-refractivity contribution < 1.29 is 29.0 Å². The molecule has 0 spiro atoms. The average Bonchev–Trinajstić information content (AvgIpc) is 2.89. The van der Waals surface area contributed by atoms with Crippen LogP contribution >= 0.6 is 0 Å². The number of carbonyl (C=O) groups is 4. The Morgan fingerprint density at radius 1 is 0.878 bits per heavy atom. The molecule has 0 aromatic heterocycles. The lowest BCUT2D eigenvalue weighted by Crippen LogP contribution is -2.45. The fourth-order valence-electron chi connectivity index (χ4n) is 4.38. The maximum absolute atomic E-state index is 13.6. The van der Waals surface area contributed by atoms with Gasteiger partial charge in [0.2, 0.25) is 5.91 Å². The molecule has 41 heavy (non-hydrogen) atoms. The molecule has 0 saturated heterocycles. The summed E-state index contributed by atoms with van der Waals surface area (Å²) in [6.45, 7) is 5.48. The Balaban J connectivity index is 2.24. The van der Waals surface area contributed by atoms with E-state index >= 15 is 0 Å². The highest BCUT2D eigenvalue weighted by atomic mass is 16.6. The number of carboxylic acid groups (broad SMARTS) is 1. The minimum Gasteiger partial charge on any atom is -0.481 e. The maximum atomic E-state index is 13.6. The van der Waals surface area contributed by atoms with Gasteiger partial charge in [0.25, 0.3) is 0 Å². The predicted octanol–water partition coefficient (Wildman–Crippen LogP) is 3.02.